The number of ether oxygens (including phenoxy) is 1. The van der Waals surface area contributed by atoms with Crippen molar-refractivity contribution in [3.05, 3.63) is 41.7 Å². The number of aryl methyl sites for hydroxylation is 1. The van der Waals surface area contributed by atoms with Crippen molar-refractivity contribution in [1.29, 1.82) is 5.26 Å². The van der Waals surface area contributed by atoms with Crippen molar-refractivity contribution in [2.75, 3.05) is 43.1 Å². The Morgan fingerprint density at radius 2 is 1.70 bits per heavy atom. The number of nitrogens with zero attached hydrogens (tertiary/aromatic N) is 5. The standard InChI is InChI=1S/C17H19N5O/c1-13-11-14(12-18)20-17(19-13)22-9-7-21(8-10-22)15-3-5-16(23-2)6-4-15/h3-6,11H,7-10H2,1-2H3. The Bertz CT molecular complexity index is 715. The predicted molar refractivity (Wildman–Crippen MR) is 88.9 cm³/mol. The molecule has 0 bridgehead atoms. The minimum absolute atomic E-state index is 0.421. The smallest absolute Gasteiger partial charge is 0.226 e. The highest BCUT2D eigenvalue weighted by molar-refractivity contribution is 5.51. The molecule has 2 heterocycles. The maximum atomic E-state index is 9.04. The third kappa shape index (κ3) is 3.34. The second kappa shape index (κ2) is 6.53. The van der Waals surface area contributed by atoms with E-state index < -0.39 is 0 Å². The summed E-state index contributed by atoms with van der Waals surface area (Å²) in [6.45, 7) is 5.34. The summed E-state index contributed by atoms with van der Waals surface area (Å²) >= 11 is 0. The van der Waals surface area contributed by atoms with Gasteiger partial charge in [0, 0.05) is 37.6 Å². The molecule has 1 fully saturated rings. The van der Waals surface area contributed by atoms with Gasteiger partial charge in [0.25, 0.3) is 0 Å². The summed E-state index contributed by atoms with van der Waals surface area (Å²) < 4.78 is 5.19. The third-order valence-corrected chi connectivity index (χ3v) is 3.96. The van der Waals surface area contributed by atoms with Crippen LogP contribution in [0, 0.1) is 18.3 Å². The molecular weight excluding hydrogens is 290 g/mol. The van der Waals surface area contributed by atoms with Crippen LogP contribution < -0.4 is 14.5 Å². The molecule has 1 aromatic carbocycles. The lowest BCUT2D eigenvalue weighted by molar-refractivity contribution is 0.415. The van der Waals surface area contributed by atoms with Gasteiger partial charge in [-0.2, -0.15) is 5.26 Å². The van der Waals surface area contributed by atoms with Crippen molar-refractivity contribution in [3.8, 4) is 11.8 Å². The number of methoxy groups -OCH3 is 1. The Balaban J connectivity index is 1.68. The predicted octanol–water partition coefficient (Wildman–Crippen LogP) is 1.99. The van der Waals surface area contributed by atoms with Gasteiger partial charge in [0.05, 0.1) is 7.11 Å². The lowest BCUT2D eigenvalue weighted by Crippen LogP contribution is -2.47. The first-order valence-electron chi connectivity index (χ1n) is 7.59. The van der Waals surface area contributed by atoms with Crippen LogP contribution in [0.3, 0.4) is 0 Å². The van der Waals surface area contributed by atoms with Gasteiger partial charge in [-0.1, -0.05) is 0 Å². The normalized spacial score (nSPS) is 14.5. The third-order valence-electron chi connectivity index (χ3n) is 3.96. The van der Waals surface area contributed by atoms with E-state index >= 15 is 0 Å². The molecule has 6 heteroatoms. The van der Waals surface area contributed by atoms with Gasteiger partial charge < -0.3 is 14.5 Å². The van der Waals surface area contributed by atoms with Crippen LogP contribution >= 0.6 is 0 Å². The second-order valence-electron chi connectivity index (χ2n) is 5.48. The Hall–Kier alpha value is -2.81. The number of piperazine rings is 1. The molecule has 1 aliphatic heterocycles. The van der Waals surface area contributed by atoms with E-state index in [9.17, 15) is 0 Å². The highest BCUT2D eigenvalue weighted by Crippen LogP contribution is 2.21. The van der Waals surface area contributed by atoms with Crippen LogP contribution in [0.15, 0.2) is 30.3 Å². The molecule has 0 saturated carbocycles. The summed E-state index contributed by atoms with van der Waals surface area (Å²) in [4.78, 5) is 13.2. The summed E-state index contributed by atoms with van der Waals surface area (Å²) in [6.07, 6.45) is 0. The topological polar surface area (TPSA) is 65.3 Å². The van der Waals surface area contributed by atoms with Crippen molar-refractivity contribution < 1.29 is 4.74 Å². The highest BCUT2D eigenvalue weighted by atomic mass is 16.5. The van der Waals surface area contributed by atoms with E-state index in [0.717, 1.165) is 37.6 Å². The number of nitriles is 1. The lowest BCUT2D eigenvalue weighted by atomic mass is 10.2. The SMILES string of the molecule is COc1ccc(N2CCN(c3nc(C)cc(C#N)n3)CC2)cc1. The zero-order chi connectivity index (χ0) is 16.2. The van der Waals surface area contributed by atoms with Gasteiger partial charge in [0.15, 0.2) is 0 Å². The van der Waals surface area contributed by atoms with Crippen LogP contribution in [0.25, 0.3) is 0 Å². The van der Waals surface area contributed by atoms with E-state index in [-0.39, 0.29) is 0 Å². The molecule has 0 amide bonds. The number of rotatable bonds is 3. The molecule has 0 atom stereocenters. The average Bonchev–Trinajstić information content (AvgIpc) is 2.61. The van der Waals surface area contributed by atoms with Gasteiger partial charge in [-0.15, -0.1) is 0 Å². The number of aromatic nitrogens is 2. The van der Waals surface area contributed by atoms with Gasteiger partial charge in [-0.3, -0.25) is 0 Å². The first-order valence-corrected chi connectivity index (χ1v) is 7.59. The summed E-state index contributed by atoms with van der Waals surface area (Å²) in [7, 11) is 1.67. The maximum Gasteiger partial charge on any atom is 0.226 e. The van der Waals surface area contributed by atoms with Crippen LogP contribution in [0.2, 0.25) is 0 Å². The lowest BCUT2D eigenvalue weighted by Gasteiger charge is -2.36. The zero-order valence-electron chi connectivity index (χ0n) is 13.4. The molecule has 0 unspecified atom stereocenters. The van der Waals surface area contributed by atoms with Crippen molar-refractivity contribution in [2.45, 2.75) is 6.92 Å². The van der Waals surface area contributed by atoms with Crippen LogP contribution in [0.4, 0.5) is 11.6 Å². The first kappa shape index (κ1) is 15.1. The Morgan fingerprint density at radius 1 is 1.04 bits per heavy atom. The largest absolute Gasteiger partial charge is 0.497 e. The van der Waals surface area contributed by atoms with E-state index in [1.807, 2.05) is 19.1 Å². The molecule has 23 heavy (non-hydrogen) atoms. The van der Waals surface area contributed by atoms with Gasteiger partial charge in [0.2, 0.25) is 5.95 Å². The minimum atomic E-state index is 0.421. The van der Waals surface area contributed by atoms with Crippen LogP contribution in [0.5, 0.6) is 5.75 Å². The molecular formula is C17H19N5O. The van der Waals surface area contributed by atoms with E-state index in [4.69, 9.17) is 10.00 Å². The van der Waals surface area contributed by atoms with Gasteiger partial charge in [-0.25, -0.2) is 9.97 Å². The van der Waals surface area contributed by atoms with Crippen LogP contribution in [-0.2, 0) is 0 Å². The van der Waals surface area contributed by atoms with Crippen LogP contribution in [0.1, 0.15) is 11.4 Å². The van der Waals surface area contributed by atoms with Gasteiger partial charge in [-0.05, 0) is 37.3 Å². The van der Waals surface area contributed by atoms with Crippen molar-refractivity contribution in [3.63, 3.8) is 0 Å². The Labute approximate surface area is 136 Å². The summed E-state index contributed by atoms with van der Waals surface area (Å²) in [5, 5.41) is 9.04. The molecule has 6 nitrogen and oxygen atoms in total. The Kier molecular flexibility index (Phi) is 4.29. The molecule has 0 spiro atoms. The molecule has 0 aliphatic carbocycles. The molecule has 1 aliphatic rings. The summed E-state index contributed by atoms with van der Waals surface area (Å²) in [6, 6.07) is 11.9. The summed E-state index contributed by atoms with van der Waals surface area (Å²) in [5.41, 5.74) is 2.43. The molecule has 0 N–H and O–H groups in total. The van der Waals surface area contributed by atoms with E-state index in [2.05, 4.69) is 38.0 Å². The molecule has 1 aromatic heterocycles. The number of hydrogen-bond acceptors (Lipinski definition) is 6. The zero-order valence-corrected chi connectivity index (χ0v) is 13.4. The molecule has 1 saturated heterocycles. The molecule has 3 rings (SSSR count). The molecule has 118 valence electrons. The van der Waals surface area contributed by atoms with Gasteiger partial charge in [0.1, 0.15) is 17.5 Å². The van der Waals surface area contributed by atoms with E-state index in [0.29, 0.717) is 11.6 Å². The van der Waals surface area contributed by atoms with Crippen LogP contribution in [-0.4, -0.2) is 43.3 Å². The van der Waals surface area contributed by atoms with E-state index in [1.165, 1.54) is 5.69 Å². The fraction of sp³-hybridized carbons (Fsp3) is 0.353. The second-order valence-corrected chi connectivity index (χ2v) is 5.48. The average molecular weight is 309 g/mol. The fourth-order valence-electron chi connectivity index (χ4n) is 2.71. The molecule has 0 radical (unpaired) electrons. The van der Waals surface area contributed by atoms with Crippen molar-refractivity contribution in [1.82, 2.24) is 9.97 Å². The Morgan fingerprint density at radius 3 is 2.30 bits per heavy atom. The van der Waals surface area contributed by atoms with E-state index in [1.54, 1.807) is 13.2 Å². The number of hydrogen-bond donors (Lipinski definition) is 0. The quantitative estimate of drug-likeness (QED) is 0.864. The summed E-state index contributed by atoms with van der Waals surface area (Å²) in [5.74, 6) is 1.51. The molecule has 2 aromatic rings. The highest BCUT2D eigenvalue weighted by Gasteiger charge is 2.20. The number of anilines is 2. The number of benzene rings is 1. The fourth-order valence-corrected chi connectivity index (χ4v) is 2.71. The monoisotopic (exact) mass is 309 g/mol. The van der Waals surface area contributed by atoms with Gasteiger partial charge >= 0.3 is 0 Å². The van der Waals surface area contributed by atoms with Crippen molar-refractivity contribution in [2.24, 2.45) is 0 Å². The minimum Gasteiger partial charge on any atom is -0.497 e. The maximum absolute atomic E-state index is 9.04. The van der Waals surface area contributed by atoms with Crippen molar-refractivity contribution >= 4 is 11.6 Å². The first-order chi connectivity index (χ1) is 11.2.